The Hall–Kier alpha value is -3.70. The number of aryl methyl sites for hydroxylation is 1. The molecule has 3 N–H and O–H groups in total. The topological polar surface area (TPSA) is 96.6 Å². The Morgan fingerprint density at radius 1 is 1.05 bits per heavy atom. The molecule has 0 atom stereocenters. The molecule has 3 aromatic rings. The molecule has 11 heteroatoms. The number of hydrogen-bond acceptors (Lipinski definition) is 7. The summed E-state index contributed by atoms with van der Waals surface area (Å²) in [5, 5.41) is 2.68. The summed E-state index contributed by atoms with van der Waals surface area (Å²) in [6.07, 6.45) is -1.65. The molecule has 2 heterocycles. The fraction of sp³-hybridized carbons (Fsp3) is 0.370. The number of alkyl halides is 3. The maximum atomic E-state index is 13.9. The zero-order chi connectivity index (χ0) is 27.3. The molecule has 1 amide bonds. The quantitative estimate of drug-likeness (QED) is 0.449. The van der Waals surface area contributed by atoms with Gasteiger partial charge in [-0.25, -0.2) is 4.98 Å². The van der Waals surface area contributed by atoms with Crippen molar-refractivity contribution >= 4 is 17.4 Å². The normalized spacial score (nSPS) is 14.9. The van der Waals surface area contributed by atoms with Crippen LogP contribution in [0.2, 0.25) is 0 Å². The maximum Gasteiger partial charge on any atom is 0.416 e. The van der Waals surface area contributed by atoms with E-state index < -0.39 is 17.6 Å². The van der Waals surface area contributed by atoms with E-state index in [1.54, 1.807) is 18.2 Å². The van der Waals surface area contributed by atoms with Crippen LogP contribution in [0.25, 0.3) is 0 Å². The lowest BCUT2D eigenvalue weighted by molar-refractivity contribution is -0.138. The highest BCUT2D eigenvalue weighted by atomic mass is 19.4. The standard InChI is InChI=1S/C27H31F3N6O2/c1-3-35-8-10-36(11-9-35)16-20-6-5-19(12-23(20)27(28,29)30)26(37)34-21-7-4-18(2)24(13-21)38-17-22-14-33-25(31)15-32-22/h4-7,12-15H,3,8-11,16-17H2,1-2H3,(H2,31,33)(H,34,37). The van der Waals surface area contributed by atoms with Gasteiger partial charge in [0.2, 0.25) is 0 Å². The monoisotopic (exact) mass is 528 g/mol. The van der Waals surface area contributed by atoms with Crippen molar-refractivity contribution in [3.05, 3.63) is 76.7 Å². The van der Waals surface area contributed by atoms with Crippen LogP contribution in [0.15, 0.2) is 48.8 Å². The minimum absolute atomic E-state index is 0.0722. The van der Waals surface area contributed by atoms with Crippen molar-refractivity contribution in [1.82, 2.24) is 19.8 Å². The number of nitrogen functional groups attached to an aromatic ring is 1. The number of benzene rings is 2. The van der Waals surface area contributed by atoms with Crippen molar-refractivity contribution in [3.8, 4) is 5.75 Å². The summed E-state index contributed by atoms with van der Waals surface area (Å²) in [6, 6.07) is 8.81. The van der Waals surface area contributed by atoms with Crippen LogP contribution in [-0.4, -0.2) is 58.4 Å². The van der Waals surface area contributed by atoms with Crippen molar-refractivity contribution in [3.63, 3.8) is 0 Å². The summed E-state index contributed by atoms with van der Waals surface area (Å²) in [7, 11) is 0. The van der Waals surface area contributed by atoms with Gasteiger partial charge >= 0.3 is 6.18 Å². The molecule has 0 bridgehead atoms. The van der Waals surface area contributed by atoms with E-state index in [9.17, 15) is 18.0 Å². The number of aromatic nitrogens is 2. The Labute approximate surface area is 219 Å². The zero-order valence-corrected chi connectivity index (χ0v) is 21.4. The highest BCUT2D eigenvalue weighted by Gasteiger charge is 2.34. The van der Waals surface area contributed by atoms with Gasteiger partial charge < -0.3 is 20.7 Å². The summed E-state index contributed by atoms with van der Waals surface area (Å²) >= 11 is 0. The Morgan fingerprint density at radius 3 is 2.45 bits per heavy atom. The lowest BCUT2D eigenvalue weighted by Crippen LogP contribution is -2.45. The van der Waals surface area contributed by atoms with Gasteiger partial charge in [0.1, 0.15) is 18.2 Å². The number of amides is 1. The molecule has 1 aliphatic heterocycles. The molecular formula is C27H31F3N6O2. The van der Waals surface area contributed by atoms with E-state index in [-0.39, 0.29) is 24.3 Å². The van der Waals surface area contributed by atoms with E-state index in [1.165, 1.54) is 24.5 Å². The van der Waals surface area contributed by atoms with Crippen LogP contribution < -0.4 is 15.8 Å². The minimum Gasteiger partial charge on any atom is -0.487 e. The number of nitrogens with two attached hydrogens (primary N) is 1. The van der Waals surface area contributed by atoms with E-state index in [2.05, 4.69) is 27.1 Å². The molecule has 1 fully saturated rings. The van der Waals surface area contributed by atoms with Gasteiger partial charge in [-0.2, -0.15) is 13.2 Å². The smallest absolute Gasteiger partial charge is 0.416 e. The van der Waals surface area contributed by atoms with Crippen molar-refractivity contribution in [2.24, 2.45) is 0 Å². The molecule has 202 valence electrons. The lowest BCUT2D eigenvalue weighted by atomic mass is 10.0. The third-order valence-electron chi connectivity index (χ3n) is 6.53. The van der Waals surface area contributed by atoms with Gasteiger partial charge in [-0.15, -0.1) is 0 Å². The van der Waals surface area contributed by atoms with Gasteiger partial charge in [0.25, 0.3) is 5.91 Å². The molecule has 8 nitrogen and oxygen atoms in total. The van der Waals surface area contributed by atoms with E-state index in [1.807, 2.05) is 11.8 Å². The van der Waals surface area contributed by atoms with Gasteiger partial charge in [0, 0.05) is 50.0 Å². The predicted molar refractivity (Wildman–Crippen MR) is 139 cm³/mol. The number of ether oxygens (including phenoxy) is 1. The van der Waals surface area contributed by atoms with Gasteiger partial charge in [-0.1, -0.05) is 19.1 Å². The molecule has 0 radical (unpaired) electrons. The number of carbonyl (C=O) groups excluding carboxylic acids is 1. The summed E-state index contributed by atoms with van der Waals surface area (Å²) in [6.45, 7) is 8.22. The molecule has 2 aromatic carbocycles. The van der Waals surface area contributed by atoms with Crippen LogP contribution in [-0.2, 0) is 19.3 Å². The predicted octanol–water partition coefficient (Wildman–Crippen LogP) is 4.35. The Kier molecular flexibility index (Phi) is 8.48. The number of nitrogens with zero attached hydrogens (tertiary/aromatic N) is 4. The van der Waals surface area contributed by atoms with Gasteiger partial charge in [-0.3, -0.25) is 14.7 Å². The maximum absolute atomic E-state index is 13.9. The van der Waals surface area contributed by atoms with Gasteiger partial charge in [0.15, 0.2) is 0 Å². The second-order valence-electron chi connectivity index (χ2n) is 9.24. The molecule has 0 spiro atoms. The highest BCUT2D eigenvalue weighted by molar-refractivity contribution is 6.04. The number of nitrogens with one attached hydrogen (secondary N) is 1. The van der Waals surface area contributed by atoms with Crippen molar-refractivity contribution in [1.29, 1.82) is 0 Å². The Bertz CT molecular complexity index is 1260. The van der Waals surface area contributed by atoms with Crippen LogP contribution in [0.4, 0.5) is 24.7 Å². The van der Waals surface area contributed by atoms with E-state index in [0.717, 1.165) is 31.3 Å². The van der Waals surface area contributed by atoms with Gasteiger partial charge in [-0.05, 0) is 42.8 Å². The molecular weight excluding hydrogens is 497 g/mol. The van der Waals surface area contributed by atoms with Crippen LogP contribution in [0.1, 0.15) is 39.7 Å². The van der Waals surface area contributed by atoms with Crippen LogP contribution >= 0.6 is 0 Å². The highest BCUT2D eigenvalue weighted by Crippen LogP contribution is 2.34. The molecule has 1 aromatic heterocycles. The minimum atomic E-state index is -4.58. The molecule has 0 unspecified atom stereocenters. The first kappa shape index (κ1) is 27.3. The number of piperazine rings is 1. The number of carbonyl (C=O) groups is 1. The zero-order valence-electron chi connectivity index (χ0n) is 21.4. The lowest BCUT2D eigenvalue weighted by Gasteiger charge is -2.34. The molecule has 0 saturated carbocycles. The first-order chi connectivity index (χ1) is 18.1. The number of likely N-dealkylation sites (N-methyl/N-ethyl adjacent to an activating group) is 1. The van der Waals surface area contributed by atoms with Crippen molar-refractivity contribution in [2.45, 2.75) is 33.2 Å². The average molecular weight is 529 g/mol. The van der Waals surface area contributed by atoms with Crippen LogP contribution in [0, 0.1) is 6.92 Å². The van der Waals surface area contributed by atoms with Gasteiger partial charge in [0.05, 0.1) is 23.7 Å². The SMILES string of the molecule is CCN1CCN(Cc2ccc(C(=O)Nc3ccc(C)c(OCc4cnc(N)cn4)c3)cc2C(F)(F)F)CC1. The average Bonchev–Trinajstić information content (AvgIpc) is 2.90. The summed E-state index contributed by atoms with van der Waals surface area (Å²) < 4.78 is 47.6. The fourth-order valence-corrected chi connectivity index (χ4v) is 4.25. The largest absolute Gasteiger partial charge is 0.487 e. The van der Waals surface area contributed by atoms with E-state index >= 15 is 0 Å². The second-order valence-corrected chi connectivity index (χ2v) is 9.24. The number of hydrogen-bond donors (Lipinski definition) is 2. The molecule has 4 rings (SSSR count). The number of rotatable bonds is 8. The van der Waals surface area contributed by atoms with Crippen LogP contribution in [0.5, 0.6) is 5.75 Å². The second kappa shape index (κ2) is 11.8. The van der Waals surface area contributed by atoms with E-state index in [4.69, 9.17) is 10.5 Å². The first-order valence-electron chi connectivity index (χ1n) is 12.4. The summed E-state index contributed by atoms with van der Waals surface area (Å²) in [4.78, 5) is 25.3. The Balaban J connectivity index is 1.46. The summed E-state index contributed by atoms with van der Waals surface area (Å²) in [5.41, 5.74) is 6.62. The first-order valence-corrected chi connectivity index (χ1v) is 12.4. The molecule has 0 aliphatic carbocycles. The van der Waals surface area contributed by atoms with E-state index in [0.29, 0.717) is 36.0 Å². The third kappa shape index (κ3) is 6.99. The fourth-order valence-electron chi connectivity index (χ4n) is 4.25. The number of anilines is 2. The Morgan fingerprint density at radius 2 is 1.79 bits per heavy atom. The van der Waals surface area contributed by atoms with Crippen molar-refractivity contribution in [2.75, 3.05) is 43.8 Å². The summed E-state index contributed by atoms with van der Waals surface area (Å²) in [5.74, 6) is 0.153. The molecule has 1 aliphatic rings. The number of halogens is 3. The molecule has 38 heavy (non-hydrogen) atoms. The van der Waals surface area contributed by atoms with Crippen LogP contribution in [0.3, 0.4) is 0 Å². The third-order valence-corrected chi connectivity index (χ3v) is 6.53. The van der Waals surface area contributed by atoms with Crippen molar-refractivity contribution < 1.29 is 22.7 Å². The molecule has 1 saturated heterocycles.